The Morgan fingerprint density at radius 1 is 1.42 bits per heavy atom. The zero-order valence-corrected chi connectivity index (χ0v) is 10.3. The smallest absolute Gasteiger partial charge is 0.00673 e. The number of rotatable bonds is 4. The summed E-state index contributed by atoms with van der Waals surface area (Å²) in [5.74, 6) is 1.46. The molecule has 0 saturated carbocycles. The van der Waals surface area contributed by atoms with Gasteiger partial charge >= 0.3 is 0 Å². The van der Waals surface area contributed by atoms with Gasteiger partial charge in [-0.15, -0.1) is 6.58 Å². The molecule has 0 aromatic carbocycles. The van der Waals surface area contributed by atoms with Gasteiger partial charge in [0, 0.05) is 5.33 Å². The van der Waals surface area contributed by atoms with Crippen molar-refractivity contribution in [1.82, 2.24) is 0 Å². The molecule has 0 saturated heterocycles. The molecule has 0 nitrogen and oxygen atoms in total. The van der Waals surface area contributed by atoms with Crippen molar-refractivity contribution in [3.8, 4) is 0 Å². The molecule has 72 valence electrons. The summed E-state index contributed by atoms with van der Waals surface area (Å²) in [6.45, 7) is 13.0. The van der Waals surface area contributed by atoms with Crippen LogP contribution in [-0.2, 0) is 0 Å². The molecular formula is C11H21Br. The van der Waals surface area contributed by atoms with Crippen molar-refractivity contribution in [1.29, 1.82) is 0 Å². The van der Waals surface area contributed by atoms with E-state index in [-0.39, 0.29) is 0 Å². The summed E-state index contributed by atoms with van der Waals surface area (Å²) in [6, 6.07) is 0. The van der Waals surface area contributed by atoms with Gasteiger partial charge in [-0.25, -0.2) is 0 Å². The van der Waals surface area contributed by atoms with Crippen molar-refractivity contribution in [2.24, 2.45) is 17.3 Å². The Hall–Kier alpha value is 0.220. The first-order chi connectivity index (χ1) is 5.43. The SMILES string of the molecule is C=CCC(C)C(CBr)C(C)(C)C. The van der Waals surface area contributed by atoms with Gasteiger partial charge in [0.25, 0.3) is 0 Å². The molecule has 0 N–H and O–H groups in total. The fourth-order valence-electron chi connectivity index (χ4n) is 1.66. The van der Waals surface area contributed by atoms with Gasteiger partial charge in [-0.1, -0.05) is 49.7 Å². The van der Waals surface area contributed by atoms with Crippen molar-refractivity contribution in [2.45, 2.75) is 34.1 Å². The lowest BCUT2D eigenvalue weighted by molar-refractivity contribution is 0.195. The van der Waals surface area contributed by atoms with Gasteiger partial charge in [0.05, 0.1) is 0 Å². The van der Waals surface area contributed by atoms with E-state index in [1.807, 2.05) is 6.08 Å². The quantitative estimate of drug-likeness (QED) is 0.502. The zero-order valence-electron chi connectivity index (χ0n) is 8.73. The fraction of sp³-hybridized carbons (Fsp3) is 0.818. The Labute approximate surface area is 85.6 Å². The monoisotopic (exact) mass is 232 g/mol. The van der Waals surface area contributed by atoms with E-state index in [9.17, 15) is 0 Å². The largest absolute Gasteiger partial charge is 0.103 e. The van der Waals surface area contributed by atoms with Crippen LogP contribution in [0, 0.1) is 17.3 Å². The lowest BCUT2D eigenvalue weighted by atomic mass is 9.74. The normalized spacial score (nSPS) is 17.1. The summed E-state index contributed by atoms with van der Waals surface area (Å²) in [5, 5.41) is 1.09. The van der Waals surface area contributed by atoms with Gasteiger partial charge in [0.2, 0.25) is 0 Å². The van der Waals surface area contributed by atoms with E-state index in [1.165, 1.54) is 0 Å². The first kappa shape index (κ1) is 12.2. The second kappa shape index (κ2) is 5.06. The number of hydrogen-bond donors (Lipinski definition) is 0. The maximum Gasteiger partial charge on any atom is 0.00673 e. The van der Waals surface area contributed by atoms with Gasteiger partial charge in [-0.2, -0.15) is 0 Å². The van der Waals surface area contributed by atoms with E-state index in [0.29, 0.717) is 5.41 Å². The molecule has 0 amide bonds. The maximum atomic E-state index is 3.78. The first-order valence-electron chi connectivity index (χ1n) is 4.60. The number of alkyl halides is 1. The van der Waals surface area contributed by atoms with E-state index in [1.54, 1.807) is 0 Å². The van der Waals surface area contributed by atoms with Crippen LogP contribution in [0.1, 0.15) is 34.1 Å². The van der Waals surface area contributed by atoms with Crippen molar-refractivity contribution in [3.05, 3.63) is 12.7 Å². The van der Waals surface area contributed by atoms with Crippen LogP contribution in [0.5, 0.6) is 0 Å². The molecule has 0 aromatic rings. The predicted octanol–water partition coefficient (Wildman–Crippen LogP) is 4.26. The standard InChI is InChI=1S/C11H21Br/c1-6-7-9(2)10(8-12)11(3,4)5/h6,9-10H,1,7-8H2,2-5H3. The molecule has 0 spiro atoms. The molecule has 0 bridgehead atoms. The minimum atomic E-state index is 0.395. The first-order valence-corrected chi connectivity index (χ1v) is 5.72. The summed E-state index contributed by atoms with van der Waals surface area (Å²) in [6.07, 6.45) is 3.14. The molecule has 0 radical (unpaired) electrons. The van der Waals surface area contributed by atoms with E-state index in [2.05, 4.69) is 50.2 Å². The third-order valence-electron chi connectivity index (χ3n) is 2.50. The second-order valence-corrected chi connectivity index (χ2v) is 5.28. The molecule has 12 heavy (non-hydrogen) atoms. The summed E-state index contributed by atoms with van der Waals surface area (Å²) >= 11 is 3.59. The Morgan fingerprint density at radius 2 is 1.92 bits per heavy atom. The average molecular weight is 233 g/mol. The van der Waals surface area contributed by atoms with Crippen molar-refractivity contribution < 1.29 is 0 Å². The highest BCUT2D eigenvalue weighted by Gasteiger charge is 2.27. The van der Waals surface area contributed by atoms with Gasteiger partial charge in [-0.3, -0.25) is 0 Å². The molecule has 2 unspecified atom stereocenters. The molecule has 0 aromatic heterocycles. The van der Waals surface area contributed by atoms with Crippen molar-refractivity contribution in [2.75, 3.05) is 5.33 Å². The molecule has 0 fully saturated rings. The van der Waals surface area contributed by atoms with Crippen LogP contribution in [0.3, 0.4) is 0 Å². The van der Waals surface area contributed by atoms with Gasteiger partial charge in [0.1, 0.15) is 0 Å². The minimum absolute atomic E-state index is 0.395. The highest BCUT2D eigenvalue weighted by Crippen LogP contribution is 2.34. The summed E-state index contributed by atoms with van der Waals surface area (Å²) in [5.41, 5.74) is 0.395. The number of allylic oxidation sites excluding steroid dienone is 1. The summed E-state index contributed by atoms with van der Waals surface area (Å²) < 4.78 is 0. The molecule has 0 heterocycles. The van der Waals surface area contributed by atoms with E-state index >= 15 is 0 Å². The maximum absolute atomic E-state index is 3.78. The van der Waals surface area contributed by atoms with E-state index < -0.39 is 0 Å². The molecule has 0 aliphatic rings. The van der Waals surface area contributed by atoms with Gasteiger partial charge < -0.3 is 0 Å². The molecule has 2 atom stereocenters. The lowest BCUT2D eigenvalue weighted by Crippen LogP contribution is -2.27. The molecule has 0 rings (SSSR count). The van der Waals surface area contributed by atoms with Crippen LogP contribution in [0.4, 0.5) is 0 Å². The van der Waals surface area contributed by atoms with Crippen LogP contribution in [0.2, 0.25) is 0 Å². The molecular weight excluding hydrogens is 212 g/mol. The topological polar surface area (TPSA) is 0 Å². The van der Waals surface area contributed by atoms with Crippen LogP contribution >= 0.6 is 15.9 Å². The molecule has 1 heteroatoms. The summed E-state index contributed by atoms with van der Waals surface area (Å²) in [4.78, 5) is 0. The number of hydrogen-bond acceptors (Lipinski definition) is 0. The Bertz CT molecular complexity index is 132. The number of halogens is 1. The van der Waals surface area contributed by atoms with E-state index in [4.69, 9.17) is 0 Å². The van der Waals surface area contributed by atoms with Crippen LogP contribution in [-0.4, -0.2) is 5.33 Å². The van der Waals surface area contributed by atoms with E-state index in [0.717, 1.165) is 23.6 Å². The average Bonchev–Trinajstić information content (AvgIpc) is 1.85. The van der Waals surface area contributed by atoms with Crippen LogP contribution in [0.25, 0.3) is 0 Å². The Kier molecular flexibility index (Phi) is 5.15. The second-order valence-electron chi connectivity index (χ2n) is 4.63. The lowest BCUT2D eigenvalue weighted by Gasteiger charge is -2.33. The van der Waals surface area contributed by atoms with Crippen LogP contribution in [0.15, 0.2) is 12.7 Å². The van der Waals surface area contributed by atoms with Crippen LogP contribution < -0.4 is 0 Å². The van der Waals surface area contributed by atoms with Crippen molar-refractivity contribution >= 4 is 15.9 Å². The highest BCUT2D eigenvalue weighted by atomic mass is 79.9. The predicted molar refractivity (Wildman–Crippen MR) is 60.7 cm³/mol. The molecule has 0 aliphatic heterocycles. The Morgan fingerprint density at radius 3 is 2.17 bits per heavy atom. The zero-order chi connectivity index (χ0) is 9.78. The summed E-state index contributed by atoms with van der Waals surface area (Å²) in [7, 11) is 0. The third-order valence-corrected chi connectivity index (χ3v) is 3.20. The van der Waals surface area contributed by atoms with Crippen molar-refractivity contribution in [3.63, 3.8) is 0 Å². The van der Waals surface area contributed by atoms with Gasteiger partial charge in [-0.05, 0) is 23.7 Å². The van der Waals surface area contributed by atoms with Gasteiger partial charge in [0.15, 0.2) is 0 Å². The third kappa shape index (κ3) is 3.75. The Balaban J connectivity index is 4.23. The minimum Gasteiger partial charge on any atom is -0.103 e. The highest BCUT2D eigenvalue weighted by molar-refractivity contribution is 9.09. The molecule has 0 aliphatic carbocycles. The fourth-order valence-corrected chi connectivity index (χ4v) is 3.27.